The van der Waals surface area contributed by atoms with Gasteiger partial charge in [0.05, 0.1) is 17.0 Å². The fourth-order valence-electron chi connectivity index (χ4n) is 3.47. The van der Waals surface area contributed by atoms with Crippen molar-refractivity contribution in [2.45, 2.75) is 37.7 Å². The second kappa shape index (κ2) is 9.40. The summed E-state index contributed by atoms with van der Waals surface area (Å²) >= 11 is 2.51. The third-order valence-electron chi connectivity index (χ3n) is 4.96. The number of nitrogens with zero attached hydrogens (tertiary/aromatic N) is 5. The predicted octanol–water partition coefficient (Wildman–Crippen LogP) is 4.35. The SMILES string of the molecule is C[C@H]1CCc2c(sc(NC(=O)CSc3nnnn3-c3ccc(OC(F)(F)F)cc3)c2C#N)C1. The van der Waals surface area contributed by atoms with E-state index in [1.165, 1.54) is 28.2 Å². The van der Waals surface area contributed by atoms with Gasteiger partial charge in [0.1, 0.15) is 16.8 Å². The smallest absolute Gasteiger partial charge is 0.406 e. The van der Waals surface area contributed by atoms with Crippen molar-refractivity contribution in [1.82, 2.24) is 20.2 Å². The van der Waals surface area contributed by atoms with Crippen LogP contribution >= 0.6 is 23.1 Å². The zero-order chi connectivity index (χ0) is 23.6. The van der Waals surface area contributed by atoms with E-state index in [0.29, 0.717) is 22.2 Å². The molecule has 0 spiro atoms. The zero-order valence-corrected chi connectivity index (χ0v) is 18.9. The maximum absolute atomic E-state index is 12.5. The van der Waals surface area contributed by atoms with Gasteiger partial charge in [-0.15, -0.1) is 29.6 Å². The van der Waals surface area contributed by atoms with Gasteiger partial charge in [-0.2, -0.15) is 9.94 Å². The summed E-state index contributed by atoms with van der Waals surface area (Å²) in [7, 11) is 0. The number of halogens is 3. The third kappa shape index (κ3) is 5.45. The number of thioether (sulfide) groups is 1. The first-order valence-electron chi connectivity index (χ1n) is 9.85. The average Bonchev–Trinajstić information content (AvgIpc) is 3.35. The van der Waals surface area contributed by atoms with E-state index in [2.05, 4.69) is 38.6 Å². The monoisotopic (exact) mass is 494 g/mol. The van der Waals surface area contributed by atoms with Gasteiger partial charge in [0.2, 0.25) is 11.1 Å². The second-order valence-electron chi connectivity index (χ2n) is 7.42. The lowest BCUT2D eigenvalue weighted by Gasteiger charge is -2.17. The molecular weight excluding hydrogens is 477 g/mol. The molecule has 172 valence electrons. The molecule has 0 saturated heterocycles. The van der Waals surface area contributed by atoms with Gasteiger partial charge in [0.15, 0.2) is 0 Å². The Kier molecular flexibility index (Phi) is 6.57. The number of carbonyl (C=O) groups is 1. The molecule has 1 aromatic carbocycles. The molecule has 0 bridgehead atoms. The van der Waals surface area contributed by atoms with Crippen LogP contribution in [0.5, 0.6) is 5.75 Å². The number of ether oxygens (including phenoxy) is 1. The van der Waals surface area contributed by atoms with E-state index in [-0.39, 0.29) is 22.6 Å². The fourth-order valence-corrected chi connectivity index (χ4v) is 5.54. The number of amides is 1. The Labute approximate surface area is 194 Å². The summed E-state index contributed by atoms with van der Waals surface area (Å²) in [4.78, 5) is 13.7. The first kappa shape index (κ1) is 23.1. The summed E-state index contributed by atoms with van der Waals surface area (Å²) in [5.74, 6) is -0.143. The van der Waals surface area contributed by atoms with Crippen molar-refractivity contribution in [3.63, 3.8) is 0 Å². The van der Waals surface area contributed by atoms with Crippen molar-refractivity contribution in [3.05, 3.63) is 40.3 Å². The van der Waals surface area contributed by atoms with Gasteiger partial charge >= 0.3 is 6.36 Å². The second-order valence-corrected chi connectivity index (χ2v) is 9.47. The van der Waals surface area contributed by atoms with Crippen LogP contribution in [0.4, 0.5) is 18.2 Å². The molecule has 4 rings (SSSR count). The molecule has 33 heavy (non-hydrogen) atoms. The summed E-state index contributed by atoms with van der Waals surface area (Å²) in [6.07, 6.45) is -2.02. The fraction of sp³-hybridized carbons (Fsp3) is 0.350. The van der Waals surface area contributed by atoms with Crippen molar-refractivity contribution in [3.8, 4) is 17.5 Å². The van der Waals surface area contributed by atoms with Crippen LogP contribution in [0.2, 0.25) is 0 Å². The highest BCUT2D eigenvalue weighted by Gasteiger charge is 2.31. The number of hydrogen-bond acceptors (Lipinski definition) is 8. The number of hydrogen-bond donors (Lipinski definition) is 1. The maximum Gasteiger partial charge on any atom is 0.573 e. The number of nitrogens with one attached hydrogen (secondary N) is 1. The molecule has 0 radical (unpaired) electrons. The Morgan fingerprint density at radius 2 is 2.15 bits per heavy atom. The number of fused-ring (bicyclic) bond motifs is 1. The largest absolute Gasteiger partial charge is 0.573 e. The normalized spacial score (nSPS) is 15.5. The van der Waals surface area contributed by atoms with E-state index in [1.54, 1.807) is 0 Å². The summed E-state index contributed by atoms with van der Waals surface area (Å²) < 4.78 is 42.1. The number of rotatable bonds is 6. The van der Waals surface area contributed by atoms with Crippen LogP contribution in [0.3, 0.4) is 0 Å². The number of thiophene rings is 1. The van der Waals surface area contributed by atoms with E-state index < -0.39 is 6.36 Å². The van der Waals surface area contributed by atoms with Crippen LogP contribution in [-0.4, -0.2) is 38.2 Å². The van der Waals surface area contributed by atoms with E-state index in [0.717, 1.165) is 53.6 Å². The van der Waals surface area contributed by atoms with Crippen LogP contribution in [0, 0.1) is 17.2 Å². The molecule has 1 atom stereocenters. The topological polar surface area (TPSA) is 106 Å². The highest BCUT2D eigenvalue weighted by atomic mass is 32.2. The number of benzene rings is 1. The van der Waals surface area contributed by atoms with Gasteiger partial charge in [-0.25, -0.2) is 0 Å². The van der Waals surface area contributed by atoms with Crippen molar-refractivity contribution < 1.29 is 22.7 Å². The highest BCUT2D eigenvalue weighted by Crippen LogP contribution is 2.39. The molecule has 1 aliphatic carbocycles. The molecule has 2 aromatic heterocycles. The van der Waals surface area contributed by atoms with Crippen molar-refractivity contribution in [2.24, 2.45) is 5.92 Å². The molecule has 0 saturated carbocycles. The highest BCUT2D eigenvalue weighted by molar-refractivity contribution is 7.99. The summed E-state index contributed by atoms with van der Waals surface area (Å²) in [6.45, 7) is 2.17. The molecule has 0 unspecified atom stereocenters. The van der Waals surface area contributed by atoms with E-state index in [9.17, 15) is 23.2 Å². The molecule has 13 heteroatoms. The third-order valence-corrected chi connectivity index (χ3v) is 7.05. The number of nitriles is 1. The van der Waals surface area contributed by atoms with Crippen molar-refractivity contribution >= 4 is 34.0 Å². The van der Waals surface area contributed by atoms with E-state index in [4.69, 9.17) is 0 Å². The van der Waals surface area contributed by atoms with Gasteiger partial charge in [-0.1, -0.05) is 18.7 Å². The first-order valence-corrected chi connectivity index (χ1v) is 11.7. The summed E-state index contributed by atoms with van der Waals surface area (Å²) in [5.41, 5.74) is 1.97. The molecule has 1 N–H and O–H groups in total. The van der Waals surface area contributed by atoms with Crippen LogP contribution < -0.4 is 10.1 Å². The number of aromatic nitrogens is 4. The first-order chi connectivity index (χ1) is 15.7. The molecule has 1 amide bonds. The quantitative estimate of drug-likeness (QED) is 0.508. The minimum absolute atomic E-state index is 0.0144. The average molecular weight is 495 g/mol. The number of carbonyl (C=O) groups excluding carboxylic acids is 1. The van der Waals surface area contributed by atoms with Crippen LogP contribution in [-0.2, 0) is 17.6 Å². The van der Waals surface area contributed by atoms with Crippen LogP contribution in [0.15, 0.2) is 29.4 Å². The lowest BCUT2D eigenvalue weighted by Crippen LogP contribution is -2.17. The summed E-state index contributed by atoms with van der Waals surface area (Å²) in [5, 5.41) is 24.5. The van der Waals surface area contributed by atoms with Gasteiger partial charge in [-0.3, -0.25) is 4.79 Å². The Bertz CT molecular complexity index is 1200. The number of anilines is 1. The Hall–Kier alpha value is -3.11. The Morgan fingerprint density at radius 1 is 1.39 bits per heavy atom. The van der Waals surface area contributed by atoms with Crippen molar-refractivity contribution in [2.75, 3.05) is 11.1 Å². The minimum Gasteiger partial charge on any atom is -0.406 e. The molecule has 2 heterocycles. The summed E-state index contributed by atoms with van der Waals surface area (Å²) in [6, 6.07) is 7.26. The minimum atomic E-state index is -4.78. The Morgan fingerprint density at radius 3 is 2.85 bits per heavy atom. The zero-order valence-electron chi connectivity index (χ0n) is 17.2. The predicted molar refractivity (Wildman–Crippen MR) is 115 cm³/mol. The Balaban J connectivity index is 1.41. The van der Waals surface area contributed by atoms with Crippen molar-refractivity contribution in [1.29, 1.82) is 5.26 Å². The number of alkyl halides is 3. The van der Waals surface area contributed by atoms with Crippen LogP contribution in [0.1, 0.15) is 29.3 Å². The molecule has 1 aliphatic rings. The van der Waals surface area contributed by atoms with Crippen LogP contribution in [0.25, 0.3) is 5.69 Å². The lowest BCUT2D eigenvalue weighted by molar-refractivity contribution is -0.274. The van der Waals surface area contributed by atoms with Gasteiger partial charge < -0.3 is 10.1 Å². The van der Waals surface area contributed by atoms with Gasteiger partial charge in [0.25, 0.3) is 0 Å². The molecule has 0 aliphatic heterocycles. The maximum atomic E-state index is 12.5. The molecule has 3 aromatic rings. The number of tetrazole rings is 1. The molecule has 8 nitrogen and oxygen atoms in total. The standard InChI is InChI=1S/C20H17F3N6O2S2/c1-11-2-7-14-15(9-24)18(33-16(14)8-11)25-17(30)10-32-19-26-27-28-29(19)12-3-5-13(6-4-12)31-20(21,22)23/h3-6,11H,2,7-8,10H2,1H3,(H,25,30)/t11-/m0/s1. The molecular formula is C20H17F3N6O2S2. The van der Waals surface area contributed by atoms with E-state index in [1.807, 2.05) is 0 Å². The lowest BCUT2D eigenvalue weighted by atomic mass is 9.89. The van der Waals surface area contributed by atoms with Gasteiger partial charge in [-0.05, 0) is 65.4 Å². The molecule has 0 fully saturated rings. The van der Waals surface area contributed by atoms with Gasteiger partial charge in [0, 0.05) is 4.88 Å². The van der Waals surface area contributed by atoms with E-state index >= 15 is 0 Å².